The molecule has 2 amide bonds. The minimum absolute atomic E-state index is 0. The Bertz CT molecular complexity index is 629. The lowest BCUT2D eigenvalue weighted by molar-refractivity contribution is -0.117. The van der Waals surface area contributed by atoms with Crippen molar-refractivity contribution in [2.24, 2.45) is 17.8 Å². The Balaban J connectivity index is 0.00000243. The van der Waals surface area contributed by atoms with Crippen molar-refractivity contribution in [3.63, 3.8) is 0 Å². The molecule has 26 heavy (non-hydrogen) atoms. The van der Waals surface area contributed by atoms with E-state index < -0.39 is 0 Å². The van der Waals surface area contributed by atoms with E-state index in [2.05, 4.69) is 17.6 Å². The third-order valence-corrected chi connectivity index (χ3v) is 5.53. The summed E-state index contributed by atoms with van der Waals surface area (Å²) in [6.45, 7) is 4.77. The molecule has 0 bridgehead atoms. The Labute approximate surface area is 162 Å². The van der Waals surface area contributed by atoms with Crippen molar-refractivity contribution < 1.29 is 9.59 Å². The summed E-state index contributed by atoms with van der Waals surface area (Å²) < 4.78 is 0. The van der Waals surface area contributed by atoms with E-state index in [1.54, 1.807) is 6.07 Å². The zero-order valence-electron chi connectivity index (χ0n) is 15.7. The highest BCUT2D eigenvalue weighted by Gasteiger charge is 2.39. The molecular formula is C20H30ClN3O2. The van der Waals surface area contributed by atoms with E-state index >= 15 is 0 Å². The quantitative estimate of drug-likeness (QED) is 0.798. The smallest absolute Gasteiger partial charge is 0.253 e. The van der Waals surface area contributed by atoms with Crippen LogP contribution in [0.15, 0.2) is 24.3 Å². The van der Waals surface area contributed by atoms with Crippen LogP contribution in [0.3, 0.4) is 0 Å². The van der Waals surface area contributed by atoms with Crippen LogP contribution >= 0.6 is 12.4 Å². The van der Waals surface area contributed by atoms with Crippen molar-refractivity contribution in [1.29, 1.82) is 0 Å². The van der Waals surface area contributed by atoms with E-state index in [1.165, 1.54) is 6.42 Å². The zero-order chi connectivity index (χ0) is 17.8. The number of nitrogens with one attached hydrogen (secondary N) is 2. The summed E-state index contributed by atoms with van der Waals surface area (Å²) in [7, 11) is 1.98. The summed E-state index contributed by atoms with van der Waals surface area (Å²) in [5, 5.41) is 6.14. The minimum atomic E-state index is 0. The van der Waals surface area contributed by atoms with E-state index in [1.807, 2.05) is 30.1 Å². The number of benzene rings is 1. The third kappa shape index (κ3) is 5.21. The van der Waals surface area contributed by atoms with Gasteiger partial charge in [-0.15, -0.1) is 12.4 Å². The first-order valence-corrected chi connectivity index (χ1v) is 9.43. The predicted molar refractivity (Wildman–Crippen MR) is 107 cm³/mol. The van der Waals surface area contributed by atoms with Crippen molar-refractivity contribution in [3.8, 4) is 0 Å². The van der Waals surface area contributed by atoms with Crippen LogP contribution in [-0.2, 0) is 4.79 Å². The number of likely N-dealkylation sites (tertiary alicyclic amines) is 1. The van der Waals surface area contributed by atoms with Crippen LogP contribution in [0, 0.1) is 17.8 Å². The van der Waals surface area contributed by atoms with Gasteiger partial charge in [-0.1, -0.05) is 13.0 Å². The first kappa shape index (κ1) is 20.7. The summed E-state index contributed by atoms with van der Waals surface area (Å²) >= 11 is 0. The number of amides is 2. The van der Waals surface area contributed by atoms with Crippen LogP contribution in [-0.4, -0.2) is 43.4 Å². The van der Waals surface area contributed by atoms with Crippen molar-refractivity contribution in [1.82, 2.24) is 10.2 Å². The SMILES string of the molecule is CNCCC1CCN(C(=O)c2cccc(NC(=O)C3CC3C)c2)CC1.Cl. The molecule has 144 valence electrons. The summed E-state index contributed by atoms with van der Waals surface area (Å²) in [5.74, 6) is 1.47. The summed E-state index contributed by atoms with van der Waals surface area (Å²) in [4.78, 5) is 26.8. The fourth-order valence-electron chi connectivity index (χ4n) is 3.61. The number of halogens is 1. The first-order valence-electron chi connectivity index (χ1n) is 9.43. The number of anilines is 1. The van der Waals surface area contributed by atoms with Crippen LogP contribution in [0.4, 0.5) is 5.69 Å². The molecule has 2 fully saturated rings. The third-order valence-electron chi connectivity index (χ3n) is 5.53. The largest absolute Gasteiger partial charge is 0.339 e. The number of carbonyl (C=O) groups excluding carboxylic acids is 2. The highest BCUT2D eigenvalue weighted by Crippen LogP contribution is 2.38. The van der Waals surface area contributed by atoms with Gasteiger partial charge >= 0.3 is 0 Å². The highest BCUT2D eigenvalue weighted by atomic mass is 35.5. The molecule has 1 heterocycles. The Morgan fingerprint density at radius 1 is 1.23 bits per heavy atom. The second-order valence-corrected chi connectivity index (χ2v) is 7.52. The lowest BCUT2D eigenvalue weighted by Gasteiger charge is -2.32. The average Bonchev–Trinajstić information content (AvgIpc) is 3.37. The van der Waals surface area contributed by atoms with Crippen LogP contribution in [0.25, 0.3) is 0 Å². The number of rotatable bonds is 6. The van der Waals surface area contributed by atoms with Crippen molar-refractivity contribution in [2.75, 3.05) is 32.0 Å². The molecule has 1 saturated heterocycles. The summed E-state index contributed by atoms with van der Waals surface area (Å²) in [5.41, 5.74) is 1.38. The second-order valence-electron chi connectivity index (χ2n) is 7.52. The van der Waals surface area contributed by atoms with Gasteiger partial charge < -0.3 is 15.5 Å². The van der Waals surface area contributed by atoms with Gasteiger partial charge in [0.15, 0.2) is 0 Å². The molecule has 0 aromatic heterocycles. The second kappa shape index (κ2) is 9.38. The van der Waals surface area contributed by atoms with Gasteiger partial charge in [0.1, 0.15) is 0 Å². The zero-order valence-corrected chi connectivity index (χ0v) is 16.5. The molecule has 1 aliphatic heterocycles. The number of hydrogen-bond donors (Lipinski definition) is 2. The maximum absolute atomic E-state index is 12.8. The molecule has 2 unspecified atom stereocenters. The molecule has 3 rings (SSSR count). The molecule has 1 aromatic carbocycles. The van der Waals surface area contributed by atoms with Crippen LogP contribution in [0.1, 0.15) is 43.0 Å². The van der Waals surface area contributed by atoms with Gasteiger partial charge in [-0.3, -0.25) is 9.59 Å². The van der Waals surface area contributed by atoms with Gasteiger partial charge in [0.2, 0.25) is 5.91 Å². The average molecular weight is 380 g/mol. The maximum atomic E-state index is 12.8. The maximum Gasteiger partial charge on any atom is 0.253 e. The number of carbonyl (C=O) groups is 2. The first-order chi connectivity index (χ1) is 12.1. The predicted octanol–water partition coefficient (Wildman–Crippen LogP) is 3.16. The Morgan fingerprint density at radius 2 is 1.92 bits per heavy atom. The molecule has 2 N–H and O–H groups in total. The molecular weight excluding hydrogens is 350 g/mol. The molecule has 1 saturated carbocycles. The Morgan fingerprint density at radius 3 is 2.54 bits per heavy atom. The van der Waals surface area contributed by atoms with Crippen molar-refractivity contribution in [3.05, 3.63) is 29.8 Å². The van der Waals surface area contributed by atoms with Gasteiger partial charge in [0.25, 0.3) is 5.91 Å². The Hall–Kier alpha value is -1.59. The van der Waals surface area contributed by atoms with E-state index in [0.717, 1.165) is 44.6 Å². The number of nitrogens with zero attached hydrogens (tertiary/aromatic N) is 1. The van der Waals surface area contributed by atoms with E-state index in [0.29, 0.717) is 17.4 Å². The van der Waals surface area contributed by atoms with Crippen molar-refractivity contribution >= 4 is 29.9 Å². The molecule has 1 aliphatic carbocycles. The van der Waals surface area contributed by atoms with Crippen LogP contribution in [0.5, 0.6) is 0 Å². The van der Waals surface area contributed by atoms with Gasteiger partial charge in [-0.2, -0.15) is 0 Å². The molecule has 1 aromatic rings. The van der Waals surface area contributed by atoms with Gasteiger partial charge in [0, 0.05) is 30.3 Å². The monoisotopic (exact) mass is 379 g/mol. The van der Waals surface area contributed by atoms with E-state index in [4.69, 9.17) is 0 Å². The van der Waals surface area contributed by atoms with Crippen molar-refractivity contribution in [2.45, 2.75) is 32.6 Å². The standard InChI is InChI=1S/C20H29N3O2.ClH/c1-14-12-18(14)19(24)22-17-5-3-4-16(13-17)20(25)23-10-7-15(8-11-23)6-9-21-2;/h3-5,13-15,18,21H,6-12H2,1-2H3,(H,22,24);1H. The molecule has 0 radical (unpaired) electrons. The fourth-order valence-corrected chi connectivity index (χ4v) is 3.61. The van der Waals surface area contributed by atoms with Crippen LogP contribution < -0.4 is 10.6 Å². The topological polar surface area (TPSA) is 61.4 Å². The summed E-state index contributed by atoms with van der Waals surface area (Å²) in [6, 6.07) is 7.34. The normalized spacial score (nSPS) is 22.5. The summed E-state index contributed by atoms with van der Waals surface area (Å²) in [6.07, 6.45) is 4.29. The molecule has 6 heteroatoms. The van der Waals surface area contributed by atoms with Gasteiger partial charge in [0.05, 0.1) is 0 Å². The fraction of sp³-hybridized carbons (Fsp3) is 0.600. The molecule has 5 nitrogen and oxygen atoms in total. The molecule has 0 spiro atoms. The lowest BCUT2D eigenvalue weighted by Crippen LogP contribution is -2.39. The van der Waals surface area contributed by atoms with Gasteiger partial charge in [-0.25, -0.2) is 0 Å². The van der Waals surface area contributed by atoms with Crippen LogP contribution in [0.2, 0.25) is 0 Å². The van der Waals surface area contributed by atoms with E-state index in [-0.39, 0.29) is 30.1 Å². The Kier molecular flexibility index (Phi) is 7.47. The van der Waals surface area contributed by atoms with E-state index in [9.17, 15) is 9.59 Å². The minimum Gasteiger partial charge on any atom is -0.339 e. The van der Waals surface area contributed by atoms with Gasteiger partial charge in [-0.05, 0) is 69.3 Å². The molecule has 2 aliphatic rings. The number of hydrogen-bond acceptors (Lipinski definition) is 3. The lowest BCUT2D eigenvalue weighted by atomic mass is 9.93. The molecule has 2 atom stereocenters. The number of piperidine rings is 1. The highest BCUT2D eigenvalue weighted by molar-refractivity contribution is 5.98.